The lowest BCUT2D eigenvalue weighted by atomic mass is 10.0. The average Bonchev–Trinajstić information content (AvgIpc) is 2.52. The summed E-state index contributed by atoms with van der Waals surface area (Å²) >= 11 is 0. The van der Waals surface area contributed by atoms with E-state index in [4.69, 9.17) is 6.42 Å². The highest BCUT2D eigenvalue weighted by Gasteiger charge is 2.35. The van der Waals surface area contributed by atoms with E-state index in [1.807, 2.05) is 0 Å². The molecule has 1 rings (SSSR count). The van der Waals surface area contributed by atoms with Crippen LogP contribution in [0, 0.1) is 12.3 Å². The molecule has 1 aromatic rings. The summed E-state index contributed by atoms with van der Waals surface area (Å²) < 4.78 is 43.3. The first-order valence-corrected chi connectivity index (χ1v) is 6.79. The molecule has 0 saturated heterocycles. The number of halogens is 3. The van der Waals surface area contributed by atoms with E-state index in [0.29, 0.717) is 12.8 Å². The van der Waals surface area contributed by atoms with Crippen molar-refractivity contribution < 1.29 is 27.5 Å². The first-order valence-electron chi connectivity index (χ1n) is 6.79. The number of hydrogen-bond donors (Lipinski definition) is 1. The molecule has 0 aliphatic rings. The predicted octanol–water partition coefficient (Wildman–Crippen LogP) is 2.78. The number of benzene rings is 1. The molecular weight excluding hydrogens is 311 g/mol. The van der Waals surface area contributed by atoms with E-state index >= 15 is 0 Å². The van der Waals surface area contributed by atoms with Gasteiger partial charge in [0.2, 0.25) is 0 Å². The third-order valence-corrected chi connectivity index (χ3v) is 3.08. The zero-order valence-corrected chi connectivity index (χ0v) is 12.4. The van der Waals surface area contributed by atoms with Gasteiger partial charge >= 0.3 is 12.1 Å². The van der Waals surface area contributed by atoms with Crippen LogP contribution in [0.2, 0.25) is 0 Å². The van der Waals surface area contributed by atoms with Crippen LogP contribution in [-0.4, -0.2) is 25.0 Å². The van der Waals surface area contributed by atoms with E-state index in [9.17, 15) is 22.8 Å². The maximum absolute atomic E-state index is 12.9. The zero-order chi connectivity index (χ0) is 17.5. The van der Waals surface area contributed by atoms with E-state index in [1.54, 1.807) is 0 Å². The van der Waals surface area contributed by atoms with Crippen molar-refractivity contribution in [2.75, 3.05) is 7.11 Å². The number of unbranched alkanes of at least 4 members (excludes halogenated alkanes) is 1. The summed E-state index contributed by atoms with van der Waals surface area (Å²) in [5.41, 5.74) is -1.62. The number of carbonyl (C=O) groups excluding carboxylic acids is 2. The minimum Gasteiger partial charge on any atom is -0.467 e. The van der Waals surface area contributed by atoms with Gasteiger partial charge in [0.15, 0.2) is 0 Å². The van der Waals surface area contributed by atoms with Gasteiger partial charge in [-0.05, 0) is 25.0 Å². The van der Waals surface area contributed by atoms with Crippen molar-refractivity contribution in [1.29, 1.82) is 0 Å². The van der Waals surface area contributed by atoms with Crippen LogP contribution in [0.1, 0.15) is 35.2 Å². The molecule has 124 valence electrons. The number of methoxy groups -OCH3 is 1. The van der Waals surface area contributed by atoms with Gasteiger partial charge in [-0.2, -0.15) is 13.2 Å². The number of esters is 1. The van der Waals surface area contributed by atoms with Crippen LogP contribution < -0.4 is 5.32 Å². The summed E-state index contributed by atoms with van der Waals surface area (Å²) in [7, 11) is 1.13. The molecular formula is C16H16F3NO3. The summed E-state index contributed by atoms with van der Waals surface area (Å²) in [4.78, 5) is 23.8. The Morgan fingerprint density at radius 3 is 2.57 bits per heavy atom. The van der Waals surface area contributed by atoms with Gasteiger partial charge in [0.1, 0.15) is 6.04 Å². The monoisotopic (exact) mass is 327 g/mol. The lowest BCUT2D eigenvalue weighted by molar-refractivity contribution is -0.143. The molecule has 0 fully saturated rings. The summed E-state index contributed by atoms with van der Waals surface area (Å²) in [6.45, 7) is 0. The van der Waals surface area contributed by atoms with E-state index in [-0.39, 0.29) is 6.42 Å². The summed E-state index contributed by atoms with van der Waals surface area (Å²) in [5.74, 6) is 0.653. The largest absolute Gasteiger partial charge is 0.467 e. The van der Waals surface area contributed by atoms with Crippen LogP contribution >= 0.6 is 0 Å². The van der Waals surface area contributed by atoms with Crippen LogP contribution in [0.3, 0.4) is 0 Å². The molecule has 0 aliphatic heterocycles. The molecule has 7 heteroatoms. The predicted molar refractivity (Wildman–Crippen MR) is 77.4 cm³/mol. The van der Waals surface area contributed by atoms with Crippen molar-refractivity contribution in [3.63, 3.8) is 0 Å². The highest BCUT2D eigenvalue weighted by Crippen LogP contribution is 2.31. The fourth-order valence-corrected chi connectivity index (χ4v) is 1.96. The number of nitrogens with one attached hydrogen (secondary N) is 1. The second-order valence-corrected chi connectivity index (χ2v) is 4.69. The Morgan fingerprint density at radius 1 is 1.35 bits per heavy atom. The van der Waals surface area contributed by atoms with E-state index in [1.165, 1.54) is 12.1 Å². The lowest BCUT2D eigenvalue weighted by Gasteiger charge is -2.18. The van der Waals surface area contributed by atoms with Gasteiger partial charge in [-0.15, -0.1) is 12.3 Å². The molecule has 0 aromatic heterocycles. The van der Waals surface area contributed by atoms with Crippen LogP contribution in [0.15, 0.2) is 24.3 Å². The van der Waals surface area contributed by atoms with Gasteiger partial charge in [0, 0.05) is 6.42 Å². The normalized spacial score (nSPS) is 12.1. The molecule has 0 spiro atoms. The van der Waals surface area contributed by atoms with Gasteiger partial charge in [0.25, 0.3) is 5.91 Å². The molecule has 23 heavy (non-hydrogen) atoms. The Hall–Kier alpha value is -2.49. The molecule has 0 bridgehead atoms. The second kappa shape index (κ2) is 8.22. The fraction of sp³-hybridized carbons (Fsp3) is 0.375. The molecule has 0 saturated carbocycles. The average molecular weight is 327 g/mol. The van der Waals surface area contributed by atoms with E-state index < -0.39 is 35.2 Å². The van der Waals surface area contributed by atoms with Crippen molar-refractivity contribution in [2.45, 2.75) is 31.5 Å². The fourth-order valence-electron chi connectivity index (χ4n) is 1.96. The second-order valence-electron chi connectivity index (χ2n) is 4.69. The third kappa shape index (κ3) is 5.33. The molecule has 0 unspecified atom stereocenters. The molecule has 1 atom stereocenters. The third-order valence-electron chi connectivity index (χ3n) is 3.08. The van der Waals surface area contributed by atoms with Crippen LogP contribution in [-0.2, 0) is 15.7 Å². The van der Waals surface area contributed by atoms with E-state index in [0.717, 1.165) is 19.2 Å². The Balaban J connectivity index is 2.95. The lowest BCUT2D eigenvalue weighted by Crippen LogP contribution is -2.42. The highest BCUT2D eigenvalue weighted by molar-refractivity contribution is 5.98. The Kier molecular flexibility index (Phi) is 6.64. The van der Waals surface area contributed by atoms with Crippen LogP contribution in [0.25, 0.3) is 0 Å². The molecule has 0 radical (unpaired) electrons. The summed E-state index contributed by atoms with van der Waals surface area (Å²) in [6.07, 6.45) is 1.42. The van der Waals surface area contributed by atoms with Gasteiger partial charge < -0.3 is 10.1 Å². The number of carbonyl (C=O) groups is 2. The summed E-state index contributed by atoms with van der Waals surface area (Å²) in [5, 5.41) is 2.27. The quantitative estimate of drug-likeness (QED) is 0.497. The van der Waals surface area contributed by atoms with Gasteiger partial charge in [-0.1, -0.05) is 12.1 Å². The van der Waals surface area contributed by atoms with Gasteiger partial charge in [-0.3, -0.25) is 4.79 Å². The molecule has 4 nitrogen and oxygen atoms in total. The Bertz CT molecular complexity index is 605. The standard InChI is InChI=1S/C16H16F3NO3/c1-3-4-5-10-13(15(22)23-2)20-14(21)11-8-6-7-9-12(11)16(17,18)19/h1,6-9,13H,4-5,10H2,2H3,(H,20,21)/t13-/m1/s1. The molecule has 0 heterocycles. The van der Waals surface area contributed by atoms with Crippen molar-refractivity contribution in [1.82, 2.24) is 5.32 Å². The van der Waals surface area contributed by atoms with Crippen molar-refractivity contribution in [2.24, 2.45) is 0 Å². The number of hydrogen-bond acceptors (Lipinski definition) is 3. The minimum absolute atomic E-state index is 0.177. The van der Waals surface area contributed by atoms with Crippen molar-refractivity contribution >= 4 is 11.9 Å². The number of terminal acetylenes is 1. The van der Waals surface area contributed by atoms with E-state index in [2.05, 4.69) is 16.0 Å². The van der Waals surface area contributed by atoms with Gasteiger partial charge in [0.05, 0.1) is 18.2 Å². The molecule has 1 N–H and O–H groups in total. The smallest absolute Gasteiger partial charge is 0.417 e. The van der Waals surface area contributed by atoms with Gasteiger partial charge in [-0.25, -0.2) is 4.79 Å². The highest BCUT2D eigenvalue weighted by atomic mass is 19.4. The maximum atomic E-state index is 12.9. The first-order chi connectivity index (χ1) is 10.8. The number of alkyl halides is 3. The molecule has 1 aromatic carbocycles. The van der Waals surface area contributed by atoms with Crippen LogP contribution in [0.5, 0.6) is 0 Å². The Labute approximate surface area is 132 Å². The molecule has 0 aliphatic carbocycles. The Morgan fingerprint density at radius 2 is 2.00 bits per heavy atom. The number of ether oxygens (including phenoxy) is 1. The van der Waals surface area contributed by atoms with Crippen LogP contribution in [0.4, 0.5) is 13.2 Å². The molecule has 1 amide bonds. The SMILES string of the molecule is C#CCCC[C@@H](NC(=O)c1ccccc1C(F)(F)F)C(=O)OC. The number of rotatable bonds is 6. The first kappa shape index (κ1) is 18.6. The van der Waals surface area contributed by atoms with Crippen molar-refractivity contribution in [3.8, 4) is 12.3 Å². The maximum Gasteiger partial charge on any atom is 0.417 e. The topological polar surface area (TPSA) is 55.4 Å². The number of amides is 1. The summed E-state index contributed by atoms with van der Waals surface area (Å²) in [6, 6.07) is 3.30. The van der Waals surface area contributed by atoms with Crippen molar-refractivity contribution in [3.05, 3.63) is 35.4 Å². The minimum atomic E-state index is -4.67. The zero-order valence-electron chi connectivity index (χ0n) is 12.4.